The van der Waals surface area contributed by atoms with Crippen molar-refractivity contribution in [2.75, 3.05) is 0 Å². The van der Waals surface area contributed by atoms with E-state index >= 15 is 0 Å². The fourth-order valence-corrected chi connectivity index (χ4v) is 1.93. The number of ether oxygens (including phenoxy) is 1. The molecule has 4 heteroatoms. The topological polar surface area (TPSA) is 29.5 Å². The lowest BCUT2D eigenvalue weighted by atomic mass is 10.1. The molecule has 0 aliphatic heterocycles. The van der Waals surface area contributed by atoms with Crippen LogP contribution in [0.5, 0.6) is 5.75 Å². The second-order valence-electron chi connectivity index (χ2n) is 4.72. The molecule has 2 nitrogen and oxygen atoms in total. The fraction of sp³-hybridized carbons (Fsp3) is 0.250. The molecular weight excluding hydrogens is 262 g/mol. The highest BCUT2D eigenvalue weighted by Crippen LogP contribution is 2.27. The van der Waals surface area contributed by atoms with Crippen molar-refractivity contribution in [3.05, 3.63) is 64.7 Å². The van der Waals surface area contributed by atoms with Crippen LogP contribution in [0.4, 0.5) is 8.78 Å². The van der Waals surface area contributed by atoms with Gasteiger partial charge in [0.1, 0.15) is 24.0 Å². The maximum Gasteiger partial charge on any atom is 0.125 e. The minimum Gasteiger partial charge on any atom is -0.489 e. The van der Waals surface area contributed by atoms with Gasteiger partial charge in [-0.25, -0.2) is 8.78 Å². The molecule has 0 spiro atoms. The SMILES string of the molecule is Cc1ccc(F)cc1COc1ccc(F)cc1[C@H](C)O. The van der Waals surface area contributed by atoms with Gasteiger partial charge in [-0.15, -0.1) is 0 Å². The van der Waals surface area contributed by atoms with E-state index in [4.69, 9.17) is 4.74 Å². The molecule has 2 aromatic rings. The number of benzene rings is 2. The molecule has 0 heterocycles. The first-order valence-electron chi connectivity index (χ1n) is 6.32. The molecular formula is C16H16F2O2. The van der Waals surface area contributed by atoms with E-state index in [9.17, 15) is 13.9 Å². The fourth-order valence-electron chi connectivity index (χ4n) is 1.93. The Morgan fingerprint density at radius 3 is 2.45 bits per heavy atom. The van der Waals surface area contributed by atoms with Gasteiger partial charge in [-0.05, 0) is 55.3 Å². The molecule has 0 radical (unpaired) electrons. The third kappa shape index (κ3) is 3.33. The molecule has 1 atom stereocenters. The summed E-state index contributed by atoms with van der Waals surface area (Å²) in [5, 5.41) is 9.62. The number of rotatable bonds is 4. The average molecular weight is 278 g/mol. The van der Waals surface area contributed by atoms with E-state index in [-0.39, 0.29) is 12.4 Å². The lowest BCUT2D eigenvalue weighted by molar-refractivity contribution is 0.189. The molecule has 1 N–H and O–H groups in total. The Balaban J connectivity index is 2.20. The van der Waals surface area contributed by atoms with Crippen molar-refractivity contribution in [1.82, 2.24) is 0 Å². The van der Waals surface area contributed by atoms with Gasteiger partial charge in [0.2, 0.25) is 0 Å². The van der Waals surface area contributed by atoms with Crippen LogP contribution in [-0.4, -0.2) is 5.11 Å². The maximum absolute atomic E-state index is 13.2. The normalized spacial score (nSPS) is 12.2. The summed E-state index contributed by atoms with van der Waals surface area (Å²) in [7, 11) is 0. The van der Waals surface area contributed by atoms with Crippen LogP contribution in [0.15, 0.2) is 36.4 Å². The van der Waals surface area contributed by atoms with E-state index in [2.05, 4.69) is 0 Å². The van der Waals surface area contributed by atoms with E-state index in [1.807, 2.05) is 6.92 Å². The van der Waals surface area contributed by atoms with Crippen LogP contribution in [0.2, 0.25) is 0 Å². The maximum atomic E-state index is 13.2. The summed E-state index contributed by atoms with van der Waals surface area (Å²) < 4.78 is 31.9. The van der Waals surface area contributed by atoms with E-state index in [1.165, 1.54) is 37.3 Å². The summed E-state index contributed by atoms with van der Waals surface area (Å²) in [6.45, 7) is 3.56. The molecule has 0 saturated carbocycles. The summed E-state index contributed by atoms with van der Waals surface area (Å²) >= 11 is 0. The van der Waals surface area contributed by atoms with Crippen molar-refractivity contribution in [3.63, 3.8) is 0 Å². The first kappa shape index (κ1) is 14.5. The quantitative estimate of drug-likeness (QED) is 0.919. The van der Waals surface area contributed by atoms with Crippen molar-refractivity contribution >= 4 is 0 Å². The van der Waals surface area contributed by atoms with Crippen molar-refractivity contribution < 1.29 is 18.6 Å². The largest absolute Gasteiger partial charge is 0.489 e. The predicted octanol–water partition coefficient (Wildman–Crippen LogP) is 3.91. The Labute approximate surface area is 116 Å². The number of hydrogen-bond donors (Lipinski definition) is 1. The summed E-state index contributed by atoms with van der Waals surface area (Å²) in [5.41, 5.74) is 2.00. The highest BCUT2D eigenvalue weighted by atomic mass is 19.1. The third-order valence-corrected chi connectivity index (χ3v) is 3.12. The summed E-state index contributed by atoms with van der Waals surface area (Å²) in [5.74, 6) is -0.371. The minimum absolute atomic E-state index is 0.162. The number of aliphatic hydroxyl groups is 1. The molecule has 0 aliphatic rings. The van der Waals surface area contributed by atoms with Crippen LogP contribution in [0, 0.1) is 18.6 Å². The molecule has 0 aromatic heterocycles. The van der Waals surface area contributed by atoms with Crippen molar-refractivity contribution in [2.24, 2.45) is 0 Å². The average Bonchev–Trinajstić information content (AvgIpc) is 2.40. The molecule has 0 bridgehead atoms. The lowest BCUT2D eigenvalue weighted by Gasteiger charge is -2.14. The van der Waals surface area contributed by atoms with Gasteiger partial charge < -0.3 is 9.84 Å². The zero-order valence-electron chi connectivity index (χ0n) is 11.4. The first-order valence-corrected chi connectivity index (χ1v) is 6.32. The molecule has 0 unspecified atom stereocenters. The number of hydrogen-bond acceptors (Lipinski definition) is 2. The summed E-state index contributed by atoms with van der Waals surface area (Å²) in [6.07, 6.45) is -0.839. The molecule has 2 aromatic carbocycles. The van der Waals surface area contributed by atoms with E-state index in [1.54, 1.807) is 6.07 Å². The van der Waals surface area contributed by atoms with Crippen molar-refractivity contribution in [1.29, 1.82) is 0 Å². The smallest absolute Gasteiger partial charge is 0.125 e. The monoisotopic (exact) mass is 278 g/mol. The highest BCUT2D eigenvalue weighted by Gasteiger charge is 2.11. The Morgan fingerprint density at radius 2 is 1.75 bits per heavy atom. The van der Waals surface area contributed by atoms with Crippen molar-refractivity contribution in [2.45, 2.75) is 26.6 Å². The summed E-state index contributed by atoms with van der Waals surface area (Å²) in [4.78, 5) is 0. The lowest BCUT2D eigenvalue weighted by Crippen LogP contribution is -2.03. The number of halogens is 2. The number of aryl methyl sites for hydroxylation is 1. The highest BCUT2D eigenvalue weighted by molar-refractivity contribution is 5.36. The van der Waals surface area contributed by atoms with E-state index in [0.29, 0.717) is 16.9 Å². The van der Waals surface area contributed by atoms with Gasteiger partial charge in [-0.1, -0.05) is 6.07 Å². The predicted molar refractivity (Wildman–Crippen MR) is 72.5 cm³/mol. The zero-order chi connectivity index (χ0) is 14.7. The molecule has 0 amide bonds. The van der Waals surface area contributed by atoms with Crippen molar-refractivity contribution in [3.8, 4) is 5.75 Å². The molecule has 0 fully saturated rings. The standard InChI is InChI=1S/C16H16F2O2/c1-10-3-4-13(17)7-12(10)9-20-16-6-5-14(18)8-15(16)11(2)19/h3-8,11,19H,9H2,1-2H3/t11-/m0/s1. The second kappa shape index (κ2) is 6.01. The molecule has 20 heavy (non-hydrogen) atoms. The van der Waals surface area contributed by atoms with Gasteiger partial charge in [0.25, 0.3) is 0 Å². The number of aliphatic hydroxyl groups excluding tert-OH is 1. The minimum atomic E-state index is -0.839. The third-order valence-electron chi connectivity index (χ3n) is 3.12. The molecule has 2 rings (SSSR count). The molecule has 106 valence electrons. The van der Waals surface area contributed by atoms with Gasteiger partial charge in [-0.2, -0.15) is 0 Å². The van der Waals surface area contributed by atoms with Crippen LogP contribution in [0.3, 0.4) is 0 Å². The van der Waals surface area contributed by atoms with Gasteiger partial charge in [0.05, 0.1) is 6.10 Å². The zero-order valence-corrected chi connectivity index (χ0v) is 11.4. The van der Waals surface area contributed by atoms with E-state index in [0.717, 1.165) is 5.56 Å². The second-order valence-corrected chi connectivity index (χ2v) is 4.72. The Morgan fingerprint density at radius 1 is 1.10 bits per heavy atom. The summed E-state index contributed by atoms with van der Waals surface area (Å²) in [6, 6.07) is 8.43. The first-order chi connectivity index (χ1) is 9.47. The van der Waals surface area contributed by atoms with Gasteiger partial charge >= 0.3 is 0 Å². The van der Waals surface area contributed by atoms with Crippen LogP contribution in [0.1, 0.15) is 29.7 Å². The van der Waals surface area contributed by atoms with Crippen LogP contribution in [0.25, 0.3) is 0 Å². The Kier molecular flexibility index (Phi) is 4.35. The van der Waals surface area contributed by atoms with Crippen LogP contribution in [-0.2, 0) is 6.61 Å². The van der Waals surface area contributed by atoms with Gasteiger partial charge in [-0.3, -0.25) is 0 Å². The Bertz CT molecular complexity index is 609. The molecule has 0 aliphatic carbocycles. The van der Waals surface area contributed by atoms with Crippen LogP contribution >= 0.6 is 0 Å². The molecule has 0 saturated heterocycles. The Hall–Kier alpha value is -1.94. The van der Waals surface area contributed by atoms with Gasteiger partial charge in [0.15, 0.2) is 0 Å². The van der Waals surface area contributed by atoms with E-state index < -0.39 is 11.9 Å². The van der Waals surface area contributed by atoms with Crippen LogP contribution < -0.4 is 4.74 Å². The van der Waals surface area contributed by atoms with Gasteiger partial charge in [0, 0.05) is 5.56 Å².